The summed E-state index contributed by atoms with van der Waals surface area (Å²) in [6, 6.07) is 12.3. The molecule has 0 unspecified atom stereocenters. The molecule has 3 aromatic rings. The van der Waals surface area contributed by atoms with Crippen molar-refractivity contribution in [2.24, 2.45) is 0 Å². The van der Waals surface area contributed by atoms with Gasteiger partial charge in [0.15, 0.2) is 5.65 Å². The first kappa shape index (κ1) is 10.3. The van der Waals surface area contributed by atoms with Crippen molar-refractivity contribution in [2.45, 2.75) is 10.8 Å². The van der Waals surface area contributed by atoms with E-state index in [1.165, 1.54) is 11.9 Å². The van der Waals surface area contributed by atoms with E-state index < -0.39 is 0 Å². The second kappa shape index (κ2) is 4.55. The zero-order chi connectivity index (χ0) is 11.5. The molecule has 0 aliphatic carbocycles. The van der Waals surface area contributed by atoms with Crippen molar-refractivity contribution < 1.29 is 0 Å². The molecule has 0 aliphatic rings. The van der Waals surface area contributed by atoms with E-state index in [9.17, 15) is 0 Å². The van der Waals surface area contributed by atoms with Gasteiger partial charge in [-0.25, -0.2) is 14.5 Å². The van der Waals surface area contributed by atoms with E-state index in [0.29, 0.717) is 0 Å². The van der Waals surface area contributed by atoms with Crippen molar-refractivity contribution in [3.63, 3.8) is 0 Å². The zero-order valence-electron chi connectivity index (χ0n) is 9.02. The van der Waals surface area contributed by atoms with Crippen LogP contribution >= 0.6 is 11.8 Å². The van der Waals surface area contributed by atoms with Gasteiger partial charge in [0.25, 0.3) is 0 Å². The lowest BCUT2D eigenvalue weighted by atomic mass is 10.2. The quantitative estimate of drug-likeness (QED) is 0.522. The minimum atomic E-state index is 0.829. The van der Waals surface area contributed by atoms with Gasteiger partial charge in [0.2, 0.25) is 0 Å². The number of hydrogen-bond donors (Lipinski definition) is 0. The van der Waals surface area contributed by atoms with E-state index in [1.807, 2.05) is 24.3 Å². The van der Waals surface area contributed by atoms with Crippen LogP contribution in [0.5, 0.6) is 0 Å². The van der Waals surface area contributed by atoms with Crippen LogP contribution in [0.1, 0.15) is 5.56 Å². The average Bonchev–Trinajstić information content (AvgIpc) is 2.85. The number of rotatable bonds is 3. The van der Waals surface area contributed by atoms with Crippen LogP contribution < -0.4 is 0 Å². The summed E-state index contributed by atoms with van der Waals surface area (Å²) in [6.45, 7) is 0. The molecule has 0 amide bonds. The Labute approximate surface area is 103 Å². The van der Waals surface area contributed by atoms with Gasteiger partial charge >= 0.3 is 0 Å². The Morgan fingerprint density at radius 2 is 2.00 bits per heavy atom. The summed E-state index contributed by atoms with van der Waals surface area (Å²) >= 11 is 1.70. The molecule has 0 atom stereocenters. The lowest BCUT2D eigenvalue weighted by Gasteiger charge is -2.01. The summed E-state index contributed by atoms with van der Waals surface area (Å²) in [5.74, 6) is 0.915. The smallest absolute Gasteiger partial charge is 0.159 e. The van der Waals surface area contributed by atoms with Gasteiger partial charge in [-0.15, -0.1) is 11.8 Å². The van der Waals surface area contributed by atoms with Gasteiger partial charge in [0, 0.05) is 11.8 Å². The molecule has 0 radical (unpaired) electrons. The highest BCUT2D eigenvalue weighted by Crippen LogP contribution is 2.20. The van der Waals surface area contributed by atoms with Crippen LogP contribution in [0.25, 0.3) is 5.65 Å². The van der Waals surface area contributed by atoms with Crippen LogP contribution in [-0.2, 0) is 5.75 Å². The summed E-state index contributed by atoms with van der Waals surface area (Å²) in [6.07, 6.45) is 3.22. The van der Waals surface area contributed by atoms with E-state index in [2.05, 4.69) is 27.2 Å². The third kappa shape index (κ3) is 2.29. The largest absolute Gasteiger partial charge is 0.230 e. The molecule has 0 saturated heterocycles. The molecule has 3 rings (SSSR count). The average molecular weight is 242 g/mol. The third-order valence-electron chi connectivity index (χ3n) is 2.38. The summed E-state index contributed by atoms with van der Waals surface area (Å²) < 4.78 is 1.66. The Balaban J connectivity index is 1.76. The van der Waals surface area contributed by atoms with E-state index in [-0.39, 0.29) is 0 Å². The Morgan fingerprint density at radius 1 is 1.12 bits per heavy atom. The maximum Gasteiger partial charge on any atom is 0.159 e. The highest BCUT2D eigenvalue weighted by molar-refractivity contribution is 7.98. The van der Waals surface area contributed by atoms with Gasteiger partial charge in [0.05, 0.1) is 0 Å². The third-order valence-corrected chi connectivity index (χ3v) is 3.37. The van der Waals surface area contributed by atoms with Gasteiger partial charge in [-0.3, -0.25) is 0 Å². The zero-order valence-corrected chi connectivity index (χ0v) is 9.84. The molecular weight excluding hydrogens is 232 g/mol. The van der Waals surface area contributed by atoms with Gasteiger partial charge in [-0.2, -0.15) is 5.10 Å². The molecular formula is C12H10N4S. The summed E-state index contributed by atoms with van der Waals surface area (Å²) in [7, 11) is 0. The standard InChI is InChI=1S/C12H10N4S/c1-2-4-10(5-3-1)7-17-12-6-11-13-8-15-16(11)9-14-12/h1-6,8-9H,7H2. The number of benzene rings is 1. The Bertz CT molecular complexity index is 620. The molecule has 2 aromatic heterocycles. The molecule has 0 aliphatic heterocycles. The van der Waals surface area contributed by atoms with Crippen molar-refractivity contribution in [1.29, 1.82) is 0 Å². The first-order valence-electron chi connectivity index (χ1n) is 5.24. The molecule has 4 nitrogen and oxygen atoms in total. The van der Waals surface area contributed by atoms with E-state index in [4.69, 9.17) is 0 Å². The molecule has 5 heteroatoms. The maximum atomic E-state index is 4.32. The second-order valence-corrected chi connectivity index (χ2v) is 4.56. The molecule has 1 aromatic carbocycles. The Hall–Kier alpha value is -1.88. The fourth-order valence-electron chi connectivity index (χ4n) is 1.52. The minimum Gasteiger partial charge on any atom is -0.230 e. The van der Waals surface area contributed by atoms with Gasteiger partial charge in [-0.05, 0) is 5.56 Å². The molecule has 0 fully saturated rings. The maximum absolute atomic E-state index is 4.32. The van der Waals surface area contributed by atoms with Crippen molar-refractivity contribution in [3.8, 4) is 0 Å². The normalized spacial score (nSPS) is 10.8. The predicted octanol–water partition coefficient (Wildman–Crippen LogP) is 2.42. The van der Waals surface area contributed by atoms with Crippen molar-refractivity contribution in [1.82, 2.24) is 19.6 Å². The van der Waals surface area contributed by atoms with Crippen LogP contribution in [0, 0.1) is 0 Å². The number of hydrogen-bond acceptors (Lipinski definition) is 4. The molecule has 84 valence electrons. The van der Waals surface area contributed by atoms with E-state index in [0.717, 1.165) is 16.4 Å². The Kier molecular flexibility index (Phi) is 2.75. The fourth-order valence-corrected chi connectivity index (χ4v) is 2.34. The molecule has 2 heterocycles. The lowest BCUT2D eigenvalue weighted by molar-refractivity contribution is 0.892. The minimum absolute atomic E-state index is 0.829. The molecule has 0 saturated carbocycles. The molecule has 0 bridgehead atoms. The number of nitrogens with zero attached hydrogens (tertiary/aromatic N) is 4. The number of fused-ring (bicyclic) bond motifs is 1. The summed E-state index contributed by atoms with van der Waals surface area (Å²) in [4.78, 5) is 8.45. The van der Waals surface area contributed by atoms with Gasteiger partial charge in [-0.1, -0.05) is 30.3 Å². The van der Waals surface area contributed by atoms with E-state index >= 15 is 0 Å². The topological polar surface area (TPSA) is 43.1 Å². The Morgan fingerprint density at radius 3 is 2.88 bits per heavy atom. The van der Waals surface area contributed by atoms with Crippen LogP contribution in [0.4, 0.5) is 0 Å². The SMILES string of the molecule is c1ccc(CSc2cc3ncnn3cn2)cc1. The van der Waals surface area contributed by atoms with E-state index in [1.54, 1.807) is 22.6 Å². The van der Waals surface area contributed by atoms with Gasteiger partial charge in [0.1, 0.15) is 17.7 Å². The van der Waals surface area contributed by atoms with Crippen molar-refractivity contribution in [2.75, 3.05) is 0 Å². The highest BCUT2D eigenvalue weighted by atomic mass is 32.2. The monoisotopic (exact) mass is 242 g/mol. The second-order valence-electron chi connectivity index (χ2n) is 3.56. The fraction of sp³-hybridized carbons (Fsp3) is 0.0833. The molecule has 0 spiro atoms. The van der Waals surface area contributed by atoms with Gasteiger partial charge < -0.3 is 0 Å². The van der Waals surface area contributed by atoms with Crippen LogP contribution in [0.3, 0.4) is 0 Å². The number of thioether (sulfide) groups is 1. The molecule has 0 N–H and O–H groups in total. The molecule has 17 heavy (non-hydrogen) atoms. The van der Waals surface area contributed by atoms with Crippen LogP contribution in [0.2, 0.25) is 0 Å². The summed E-state index contributed by atoms with van der Waals surface area (Å²) in [5, 5.41) is 4.98. The highest BCUT2D eigenvalue weighted by Gasteiger charge is 2.00. The number of aromatic nitrogens is 4. The summed E-state index contributed by atoms with van der Waals surface area (Å²) in [5.41, 5.74) is 2.12. The van der Waals surface area contributed by atoms with Crippen molar-refractivity contribution >= 4 is 17.4 Å². The van der Waals surface area contributed by atoms with Crippen molar-refractivity contribution in [3.05, 3.63) is 54.6 Å². The first-order chi connectivity index (χ1) is 8.42. The van der Waals surface area contributed by atoms with Crippen LogP contribution in [0.15, 0.2) is 54.1 Å². The lowest BCUT2D eigenvalue weighted by Crippen LogP contribution is -1.90. The first-order valence-corrected chi connectivity index (χ1v) is 6.22. The predicted molar refractivity (Wildman–Crippen MR) is 66.8 cm³/mol. The van der Waals surface area contributed by atoms with Crippen LogP contribution in [-0.4, -0.2) is 19.6 Å².